The SMILES string of the molecule is CC(C)[C@H](NC(=O)c1cc(Br)cnc1Cl)C(=O)O. The molecule has 1 amide bonds. The normalized spacial score (nSPS) is 12.3. The Morgan fingerprint density at radius 2 is 2.11 bits per heavy atom. The lowest BCUT2D eigenvalue weighted by atomic mass is 10.0. The van der Waals surface area contributed by atoms with Gasteiger partial charge in [0.1, 0.15) is 11.2 Å². The molecule has 0 saturated carbocycles. The molecular weight excluding hydrogens is 323 g/mol. The van der Waals surface area contributed by atoms with Crippen LogP contribution >= 0.6 is 27.5 Å². The molecule has 98 valence electrons. The number of aromatic nitrogens is 1. The van der Waals surface area contributed by atoms with Gasteiger partial charge in [0.15, 0.2) is 0 Å². The van der Waals surface area contributed by atoms with Crippen LogP contribution in [-0.4, -0.2) is 28.0 Å². The predicted molar refractivity (Wildman–Crippen MR) is 70.7 cm³/mol. The van der Waals surface area contributed by atoms with Crippen molar-refractivity contribution in [3.63, 3.8) is 0 Å². The van der Waals surface area contributed by atoms with Gasteiger partial charge >= 0.3 is 5.97 Å². The fraction of sp³-hybridized carbons (Fsp3) is 0.364. The molecule has 0 fully saturated rings. The van der Waals surface area contributed by atoms with E-state index in [1.54, 1.807) is 13.8 Å². The van der Waals surface area contributed by atoms with Crippen LogP contribution in [0.15, 0.2) is 16.7 Å². The van der Waals surface area contributed by atoms with E-state index in [1.807, 2.05) is 0 Å². The van der Waals surface area contributed by atoms with Crippen molar-refractivity contribution in [3.05, 3.63) is 27.5 Å². The maximum absolute atomic E-state index is 11.9. The van der Waals surface area contributed by atoms with Gasteiger partial charge in [0.05, 0.1) is 5.56 Å². The van der Waals surface area contributed by atoms with Crippen molar-refractivity contribution in [2.75, 3.05) is 0 Å². The van der Waals surface area contributed by atoms with Crippen molar-refractivity contribution in [2.24, 2.45) is 5.92 Å². The molecule has 0 saturated heterocycles. The quantitative estimate of drug-likeness (QED) is 0.828. The topological polar surface area (TPSA) is 79.3 Å². The third-order valence-electron chi connectivity index (χ3n) is 2.27. The number of carbonyl (C=O) groups excluding carboxylic acids is 1. The van der Waals surface area contributed by atoms with Crippen LogP contribution in [0.2, 0.25) is 5.15 Å². The van der Waals surface area contributed by atoms with Crippen LogP contribution < -0.4 is 5.32 Å². The summed E-state index contributed by atoms with van der Waals surface area (Å²) in [5.41, 5.74) is 0.137. The summed E-state index contributed by atoms with van der Waals surface area (Å²) in [5, 5.41) is 11.4. The minimum absolute atomic E-state index is 0.0311. The first-order chi connectivity index (χ1) is 8.32. The molecule has 0 aromatic carbocycles. The van der Waals surface area contributed by atoms with Gasteiger partial charge in [-0.05, 0) is 27.9 Å². The van der Waals surface area contributed by atoms with Crippen LogP contribution in [0.5, 0.6) is 0 Å². The number of carboxylic acid groups (broad SMARTS) is 1. The molecule has 2 N–H and O–H groups in total. The van der Waals surface area contributed by atoms with E-state index in [9.17, 15) is 9.59 Å². The van der Waals surface area contributed by atoms with Crippen molar-refractivity contribution in [2.45, 2.75) is 19.9 Å². The van der Waals surface area contributed by atoms with E-state index in [1.165, 1.54) is 12.3 Å². The molecule has 0 aliphatic heterocycles. The largest absolute Gasteiger partial charge is 0.480 e. The summed E-state index contributed by atoms with van der Waals surface area (Å²) in [6.45, 7) is 3.42. The van der Waals surface area contributed by atoms with Gasteiger partial charge in [-0.1, -0.05) is 25.4 Å². The third-order valence-corrected chi connectivity index (χ3v) is 3.00. The zero-order valence-corrected chi connectivity index (χ0v) is 12.1. The molecule has 0 unspecified atom stereocenters. The zero-order valence-electron chi connectivity index (χ0n) is 9.78. The van der Waals surface area contributed by atoms with Crippen LogP contribution in [0.3, 0.4) is 0 Å². The van der Waals surface area contributed by atoms with Crippen LogP contribution in [-0.2, 0) is 4.79 Å². The van der Waals surface area contributed by atoms with Gasteiger partial charge in [-0.25, -0.2) is 9.78 Å². The molecule has 1 heterocycles. The molecule has 0 aliphatic carbocycles. The van der Waals surface area contributed by atoms with Gasteiger partial charge in [-0.3, -0.25) is 4.79 Å². The minimum atomic E-state index is -1.09. The number of halogens is 2. The van der Waals surface area contributed by atoms with E-state index in [4.69, 9.17) is 16.7 Å². The first-order valence-electron chi connectivity index (χ1n) is 5.17. The highest BCUT2D eigenvalue weighted by atomic mass is 79.9. The molecule has 5 nitrogen and oxygen atoms in total. The molecule has 1 atom stereocenters. The molecule has 1 aromatic rings. The summed E-state index contributed by atoms with van der Waals surface area (Å²) in [7, 11) is 0. The number of nitrogens with zero attached hydrogens (tertiary/aromatic N) is 1. The fourth-order valence-corrected chi connectivity index (χ4v) is 1.83. The molecule has 7 heteroatoms. The van der Waals surface area contributed by atoms with Crippen LogP contribution in [0.4, 0.5) is 0 Å². The number of carbonyl (C=O) groups is 2. The lowest BCUT2D eigenvalue weighted by Gasteiger charge is -2.18. The highest BCUT2D eigenvalue weighted by Crippen LogP contribution is 2.18. The lowest BCUT2D eigenvalue weighted by molar-refractivity contribution is -0.140. The van der Waals surface area contributed by atoms with E-state index in [0.717, 1.165) is 0 Å². The van der Waals surface area contributed by atoms with Crippen molar-refractivity contribution in [1.29, 1.82) is 0 Å². The van der Waals surface area contributed by atoms with E-state index in [-0.39, 0.29) is 16.6 Å². The van der Waals surface area contributed by atoms with Crippen molar-refractivity contribution in [1.82, 2.24) is 10.3 Å². The average molecular weight is 336 g/mol. The standard InChI is InChI=1S/C11H12BrClN2O3/c1-5(2)8(11(17)18)15-10(16)7-3-6(12)4-14-9(7)13/h3-5,8H,1-2H3,(H,15,16)(H,17,18)/t8-/m0/s1. The number of rotatable bonds is 4. The van der Waals surface area contributed by atoms with Gasteiger partial charge < -0.3 is 10.4 Å². The van der Waals surface area contributed by atoms with Crippen LogP contribution in [0, 0.1) is 5.92 Å². The molecule has 18 heavy (non-hydrogen) atoms. The van der Waals surface area contributed by atoms with E-state index in [0.29, 0.717) is 4.47 Å². The monoisotopic (exact) mass is 334 g/mol. The van der Waals surface area contributed by atoms with Crippen molar-refractivity contribution < 1.29 is 14.7 Å². The number of aliphatic carboxylic acids is 1. The first kappa shape index (κ1) is 14.9. The highest BCUT2D eigenvalue weighted by molar-refractivity contribution is 9.10. The van der Waals surface area contributed by atoms with Crippen molar-refractivity contribution in [3.8, 4) is 0 Å². The predicted octanol–water partition coefficient (Wildman–Crippen LogP) is 2.34. The van der Waals surface area contributed by atoms with Gasteiger partial charge in [-0.15, -0.1) is 0 Å². The zero-order chi connectivity index (χ0) is 13.9. The number of carboxylic acids is 1. The number of amides is 1. The smallest absolute Gasteiger partial charge is 0.326 e. The summed E-state index contributed by atoms with van der Waals surface area (Å²) in [6.07, 6.45) is 1.45. The minimum Gasteiger partial charge on any atom is -0.480 e. The Morgan fingerprint density at radius 1 is 1.50 bits per heavy atom. The maximum Gasteiger partial charge on any atom is 0.326 e. The molecule has 0 bridgehead atoms. The third kappa shape index (κ3) is 3.68. The summed E-state index contributed by atoms with van der Waals surface area (Å²) < 4.78 is 0.591. The van der Waals surface area contributed by atoms with E-state index >= 15 is 0 Å². The Hall–Kier alpha value is -1.14. The van der Waals surface area contributed by atoms with Gasteiger partial charge in [-0.2, -0.15) is 0 Å². The molecule has 0 aliphatic rings. The molecule has 1 rings (SSSR count). The summed E-state index contributed by atoms with van der Waals surface area (Å²) in [4.78, 5) is 26.7. The second kappa shape index (κ2) is 6.15. The van der Waals surface area contributed by atoms with Crippen molar-refractivity contribution >= 4 is 39.4 Å². The number of pyridine rings is 1. The van der Waals surface area contributed by atoms with Gasteiger partial charge in [0.2, 0.25) is 0 Å². The first-order valence-corrected chi connectivity index (χ1v) is 6.34. The summed E-state index contributed by atoms with van der Waals surface area (Å²) in [5.74, 6) is -1.88. The Bertz CT molecular complexity index is 479. The van der Waals surface area contributed by atoms with Crippen LogP contribution in [0.25, 0.3) is 0 Å². The van der Waals surface area contributed by atoms with Gasteiger partial charge in [0.25, 0.3) is 5.91 Å². The van der Waals surface area contributed by atoms with E-state index < -0.39 is 17.9 Å². The number of nitrogens with one attached hydrogen (secondary N) is 1. The second-order valence-electron chi connectivity index (χ2n) is 4.03. The fourth-order valence-electron chi connectivity index (χ4n) is 1.31. The second-order valence-corrected chi connectivity index (χ2v) is 5.30. The lowest BCUT2D eigenvalue weighted by Crippen LogP contribution is -2.44. The Balaban J connectivity index is 2.94. The molecule has 0 spiro atoms. The Labute approximate surface area is 118 Å². The number of hydrogen-bond acceptors (Lipinski definition) is 3. The average Bonchev–Trinajstić information content (AvgIpc) is 2.28. The van der Waals surface area contributed by atoms with Gasteiger partial charge in [0, 0.05) is 10.7 Å². The molecule has 0 radical (unpaired) electrons. The summed E-state index contributed by atoms with van der Waals surface area (Å²) >= 11 is 8.96. The van der Waals surface area contributed by atoms with Crippen LogP contribution in [0.1, 0.15) is 24.2 Å². The number of hydrogen-bond donors (Lipinski definition) is 2. The van der Waals surface area contributed by atoms with E-state index in [2.05, 4.69) is 26.2 Å². The molecule has 1 aromatic heterocycles. The molecular formula is C11H12BrClN2O3. The maximum atomic E-state index is 11.9. The highest BCUT2D eigenvalue weighted by Gasteiger charge is 2.25. The Kier molecular flexibility index (Phi) is 5.10. The Morgan fingerprint density at radius 3 is 2.61 bits per heavy atom. The summed E-state index contributed by atoms with van der Waals surface area (Å²) in [6, 6.07) is 0.525.